The van der Waals surface area contributed by atoms with Gasteiger partial charge in [-0.15, -0.1) is 0 Å². The Bertz CT molecular complexity index is 392. The zero-order valence-corrected chi connectivity index (χ0v) is 11.8. The third-order valence-corrected chi connectivity index (χ3v) is 2.78. The molecular formula is C14H22N2O3. The molecule has 1 aromatic rings. The van der Waals surface area contributed by atoms with Crippen molar-refractivity contribution in [2.45, 2.75) is 20.8 Å². The molecule has 1 rings (SSSR count). The molecular weight excluding hydrogens is 244 g/mol. The topological polar surface area (TPSA) is 50.8 Å². The first kappa shape index (κ1) is 15.3. The number of carbonyl (C=O) groups excluding carboxylic acids is 1. The van der Waals surface area contributed by atoms with Gasteiger partial charge in [-0.1, -0.05) is 26.0 Å². The quantitative estimate of drug-likeness (QED) is 0.770. The van der Waals surface area contributed by atoms with Gasteiger partial charge >= 0.3 is 6.09 Å². The molecule has 0 aliphatic carbocycles. The second-order valence-corrected chi connectivity index (χ2v) is 4.18. The van der Waals surface area contributed by atoms with Crippen LogP contribution >= 0.6 is 0 Å². The molecule has 0 unspecified atom stereocenters. The number of rotatable bonds is 7. The maximum absolute atomic E-state index is 11.4. The summed E-state index contributed by atoms with van der Waals surface area (Å²) in [7, 11) is 0. The molecule has 0 saturated heterocycles. The summed E-state index contributed by atoms with van der Waals surface area (Å²) in [5.41, 5.74) is 3.32. The number of nitrogens with zero attached hydrogens (tertiary/aromatic N) is 1. The molecule has 106 valence electrons. The van der Waals surface area contributed by atoms with Gasteiger partial charge in [-0.2, -0.15) is 5.48 Å². The number of benzene rings is 1. The van der Waals surface area contributed by atoms with Crippen molar-refractivity contribution < 1.29 is 14.4 Å². The van der Waals surface area contributed by atoms with E-state index in [0.717, 1.165) is 25.2 Å². The maximum Gasteiger partial charge on any atom is 0.440 e. The van der Waals surface area contributed by atoms with E-state index in [9.17, 15) is 4.79 Å². The molecule has 19 heavy (non-hydrogen) atoms. The van der Waals surface area contributed by atoms with Crippen LogP contribution in [0.15, 0.2) is 24.3 Å². The molecule has 0 bridgehead atoms. The lowest BCUT2D eigenvalue weighted by Crippen LogP contribution is -2.32. The molecule has 1 N–H and O–H groups in total. The summed E-state index contributed by atoms with van der Waals surface area (Å²) >= 11 is 0. The summed E-state index contributed by atoms with van der Waals surface area (Å²) < 4.78 is 5.01. The van der Waals surface area contributed by atoms with Crippen molar-refractivity contribution in [2.75, 3.05) is 26.2 Å². The number of nitrogens with one attached hydrogen (secondary N) is 1. The van der Waals surface area contributed by atoms with Crippen LogP contribution in [0.4, 0.5) is 4.79 Å². The summed E-state index contributed by atoms with van der Waals surface area (Å²) in [5.74, 6) is 0.584. The fourth-order valence-electron chi connectivity index (χ4n) is 1.62. The zero-order chi connectivity index (χ0) is 14.1. The Morgan fingerprint density at radius 1 is 1.32 bits per heavy atom. The number of carbonyl (C=O) groups is 1. The highest BCUT2D eigenvalue weighted by molar-refractivity contribution is 5.66. The number of hydroxylamine groups is 1. The molecule has 0 aliphatic heterocycles. The van der Waals surface area contributed by atoms with Crippen LogP contribution in [0.5, 0.6) is 5.75 Å². The van der Waals surface area contributed by atoms with E-state index >= 15 is 0 Å². The van der Waals surface area contributed by atoms with Crippen molar-refractivity contribution >= 4 is 6.09 Å². The van der Waals surface area contributed by atoms with Crippen LogP contribution in [0.2, 0.25) is 0 Å². The molecule has 5 heteroatoms. The van der Waals surface area contributed by atoms with Crippen LogP contribution in [-0.4, -0.2) is 37.2 Å². The lowest BCUT2D eigenvalue weighted by molar-refractivity contribution is 0.0908. The molecule has 0 heterocycles. The molecule has 0 fully saturated rings. The van der Waals surface area contributed by atoms with Gasteiger partial charge in [-0.25, -0.2) is 4.79 Å². The van der Waals surface area contributed by atoms with Crippen molar-refractivity contribution in [3.8, 4) is 5.75 Å². The molecule has 1 aromatic carbocycles. The summed E-state index contributed by atoms with van der Waals surface area (Å²) in [5, 5.41) is 0. The number of hydrogen-bond acceptors (Lipinski definition) is 4. The van der Waals surface area contributed by atoms with Crippen molar-refractivity contribution in [1.29, 1.82) is 0 Å². The number of amides is 1. The minimum atomic E-state index is -0.575. The maximum atomic E-state index is 11.4. The van der Waals surface area contributed by atoms with E-state index in [1.54, 1.807) is 6.07 Å². The van der Waals surface area contributed by atoms with Gasteiger partial charge < -0.3 is 14.5 Å². The number of likely N-dealkylation sites (N-methyl/N-ethyl adjacent to an activating group) is 1. The van der Waals surface area contributed by atoms with Crippen molar-refractivity contribution in [2.24, 2.45) is 0 Å². The van der Waals surface area contributed by atoms with Gasteiger partial charge in [-0.05, 0) is 37.7 Å². The molecule has 0 spiro atoms. The van der Waals surface area contributed by atoms with Gasteiger partial charge in [0.2, 0.25) is 0 Å². The molecule has 0 saturated carbocycles. The Morgan fingerprint density at radius 2 is 2.05 bits per heavy atom. The first-order valence-corrected chi connectivity index (χ1v) is 6.54. The smallest absolute Gasteiger partial charge is 0.440 e. The second kappa shape index (κ2) is 8.37. The Kier molecular flexibility index (Phi) is 6.74. The van der Waals surface area contributed by atoms with Crippen molar-refractivity contribution in [3.63, 3.8) is 0 Å². The van der Waals surface area contributed by atoms with E-state index in [1.807, 2.05) is 25.1 Å². The van der Waals surface area contributed by atoms with Crippen molar-refractivity contribution in [1.82, 2.24) is 10.4 Å². The highest BCUT2D eigenvalue weighted by Crippen LogP contribution is 2.10. The summed E-state index contributed by atoms with van der Waals surface area (Å²) in [6.07, 6.45) is -0.575. The van der Waals surface area contributed by atoms with Gasteiger partial charge in [0.1, 0.15) is 6.61 Å². The van der Waals surface area contributed by atoms with E-state index in [0.29, 0.717) is 12.4 Å². The monoisotopic (exact) mass is 266 g/mol. The molecule has 0 atom stereocenters. The second-order valence-electron chi connectivity index (χ2n) is 4.18. The van der Waals surface area contributed by atoms with Crippen LogP contribution in [0.1, 0.15) is 19.4 Å². The van der Waals surface area contributed by atoms with Crippen LogP contribution < -0.4 is 10.3 Å². The van der Waals surface area contributed by atoms with Gasteiger partial charge in [0.15, 0.2) is 5.75 Å². The molecule has 0 aliphatic rings. The zero-order valence-electron chi connectivity index (χ0n) is 11.8. The number of aryl methyl sites for hydroxylation is 1. The fourth-order valence-corrected chi connectivity index (χ4v) is 1.62. The predicted molar refractivity (Wildman–Crippen MR) is 74.1 cm³/mol. The standard InChI is InChI=1S/C14H22N2O3/c1-4-16(5-2)9-10-18-14(17)15-19-13-8-6-7-12(3)11-13/h6-8,11H,4-5,9-10H2,1-3H3,(H,15,17). The highest BCUT2D eigenvalue weighted by atomic mass is 16.7. The third-order valence-electron chi connectivity index (χ3n) is 2.78. The van der Waals surface area contributed by atoms with Crippen LogP contribution in [0.25, 0.3) is 0 Å². The van der Waals surface area contributed by atoms with E-state index in [2.05, 4.69) is 24.2 Å². The van der Waals surface area contributed by atoms with E-state index < -0.39 is 6.09 Å². The average Bonchev–Trinajstić information content (AvgIpc) is 2.41. The number of ether oxygens (including phenoxy) is 1. The van der Waals surface area contributed by atoms with E-state index in [4.69, 9.17) is 9.57 Å². The van der Waals surface area contributed by atoms with Crippen LogP contribution in [0.3, 0.4) is 0 Å². The number of hydrogen-bond donors (Lipinski definition) is 1. The molecule has 0 radical (unpaired) electrons. The largest absolute Gasteiger partial charge is 0.446 e. The Labute approximate surface area is 114 Å². The SMILES string of the molecule is CCN(CC)CCOC(=O)NOc1cccc(C)c1. The first-order chi connectivity index (χ1) is 9.15. The molecule has 0 aromatic heterocycles. The minimum Gasteiger partial charge on any atom is -0.446 e. The Morgan fingerprint density at radius 3 is 2.68 bits per heavy atom. The normalized spacial score (nSPS) is 10.3. The first-order valence-electron chi connectivity index (χ1n) is 6.54. The lowest BCUT2D eigenvalue weighted by Gasteiger charge is -2.17. The van der Waals surface area contributed by atoms with Gasteiger partial charge in [0, 0.05) is 6.54 Å². The van der Waals surface area contributed by atoms with Gasteiger partial charge in [0.05, 0.1) is 0 Å². The average molecular weight is 266 g/mol. The Hall–Kier alpha value is -1.75. The van der Waals surface area contributed by atoms with Crippen molar-refractivity contribution in [3.05, 3.63) is 29.8 Å². The van der Waals surface area contributed by atoms with Gasteiger partial charge in [0.25, 0.3) is 0 Å². The lowest BCUT2D eigenvalue weighted by atomic mass is 10.2. The van der Waals surface area contributed by atoms with E-state index in [-0.39, 0.29) is 0 Å². The Balaban J connectivity index is 2.21. The summed E-state index contributed by atoms with van der Waals surface area (Å²) in [4.78, 5) is 18.7. The van der Waals surface area contributed by atoms with Gasteiger partial charge in [-0.3, -0.25) is 0 Å². The summed E-state index contributed by atoms with van der Waals surface area (Å²) in [6, 6.07) is 7.41. The van der Waals surface area contributed by atoms with Crippen LogP contribution in [-0.2, 0) is 4.74 Å². The summed E-state index contributed by atoms with van der Waals surface area (Å²) in [6.45, 7) is 9.07. The highest BCUT2D eigenvalue weighted by Gasteiger charge is 2.04. The fraction of sp³-hybridized carbons (Fsp3) is 0.500. The molecule has 5 nitrogen and oxygen atoms in total. The van der Waals surface area contributed by atoms with Crippen LogP contribution in [0, 0.1) is 6.92 Å². The van der Waals surface area contributed by atoms with E-state index in [1.165, 1.54) is 0 Å². The molecule has 1 amide bonds. The third kappa shape index (κ3) is 6.10. The minimum absolute atomic E-state index is 0.352. The predicted octanol–water partition coefficient (Wildman–Crippen LogP) is 2.36.